The zero-order valence-electron chi connectivity index (χ0n) is 36.9. The highest BCUT2D eigenvalue weighted by molar-refractivity contribution is 4.92. The first kappa shape index (κ1) is 53.0. The first-order valence-corrected chi connectivity index (χ1v) is 24.0. The van der Waals surface area contributed by atoms with E-state index in [4.69, 9.17) is 5.73 Å². The highest BCUT2D eigenvalue weighted by Crippen LogP contribution is 2.13. The molecule has 0 amide bonds. The Hall–Kier alpha value is -0.980. The van der Waals surface area contributed by atoms with Crippen molar-refractivity contribution >= 4 is 0 Å². The molecule has 0 aliphatic carbocycles. The Bertz CT molecular complexity index is 800. The predicted molar refractivity (Wildman–Crippen MR) is 242 cm³/mol. The number of hydrogen-bond acceptors (Lipinski definition) is 5. The van der Waals surface area contributed by atoms with Crippen LogP contribution in [0.15, 0.2) is 36.5 Å². The lowest BCUT2D eigenvalue weighted by Crippen LogP contribution is -2.37. The lowest BCUT2D eigenvalue weighted by Gasteiger charge is -2.25. The fraction of sp³-hybridized carbons (Fsp3) is 0.878. The molecule has 0 heterocycles. The van der Waals surface area contributed by atoms with Crippen LogP contribution in [0, 0.1) is 0 Å². The molecule has 0 aromatic heterocycles. The van der Waals surface area contributed by atoms with Crippen molar-refractivity contribution in [2.75, 3.05) is 45.8 Å². The van der Waals surface area contributed by atoms with Crippen molar-refractivity contribution in [3.63, 3.8) is 0 Å². The molecular formula is C49H97N3O2. The zero-order valence-corrected chi connectivity index (χ0v) is 36.9. The van der Waals surface area contributed by atoms with E-state index >= 15 is 0 Å². The highest BCUT2D eigenvalue weighted by Gasteiger charge is 2.12. The summed E-state index contributed by atoms with van der Waals surface area (Å²) < 4.78 is 0. The minimum Gasteiger partial charge on any atom is -0.392 e. The van der Waals surface area contributed by atoms with Gasteiger partial charge >= 0.3 is 0 Å². The summed E-state index contributed by atoms with van der Waals surface area (Å²) in [5, 5.41) is 20.6. The quantitative estimate of drug-likeness (QED) is 0.0426. The van der Waals surface area contributed by atoms with E-state index in [1.807, 2.05) is 0 Å². The monoisotopic (exact) mass is 760 g/mol. The fourth-order valence-corrected chi connectivity index (χ4v) is 7.32. The summed E-state index contributed by atoms with van der Waals surface area (Å²) in [5.41, 5.74) is 5.77. The van der Waals surface area contributed by atoms with Crippen LogP contribution in [0.4, 0.5) is 0 Å². The van der Waals surface area contributed by atoms with Gasteiger partial charge in [0, 0.05) is 19.6 Å². The Morgan fingerprint density at radius 2 is 0.685 bits per heavy atom. The summed E-state index contributed by atoms with van der Waals surface area (Å²) in [7, 11) is 0. The number of allylic oxidation sites excluding steroid dienone is 6. The molecule has 0 aliphatic rings. The molecule has 0 aromatic carbocycles. The first-order valence-electron chi connectivity index (χ1n) is 24.0. The molecule has 320 valence electrons. The topological polar surface area (TPSA) is 73.0 Å². The van der Waals surface area contributed by atoms with Gasteiger partial charge in [-0.2, -0.15) is 0 Å². The van der Waals surface area contributed by atoms with Crippen LogP contribution in [0.2, 0.25) is 0 Å². The third-order valence-corrected chi connectivity index (χ3v) is 11.0. The standard InChI is InChI=1S/C49H97N3O2/c1-4-7-9-11-13-15-17-19-21-23-25-27-29-31-33-37-41-51(46-48(53)6-3)42-39-35-36-40-44-52(47-49(54)45-50)43-38-34-32-30-28-26-24-22-20-18-16-14-12-10-8-5-2/h14,16,19-22,48-49,53-54H,4-13,15,17-18,23-47,50H2,1-3H3/b16-14-,21-19+,22-20+. The average molecular weight is 760 g/mol. The van der Waals surface area contributed by atoms with Gasteiger partial charge in [0.2, 0.25) is 0 Å². The number of aliphatic hydroxyl groups is 2. The summed E-state index contributed by atoms with van der Waals surface area (Å²) >= 11 is 0. The van der Waals surface area contributed by atoms with Gasteiger partial charge in [0.15, 0.2) is 0 Å². The van der Waals surface area contributed by atoms with Crippen molar-refractivity contribution in [3.05, 3.63) is 36.5 Å². The molecule has 5 nitrogen and oxygen atoms in total. The molecule has 0 rings (SSSR count). The Labute approximate surface area is 339 Å². The summed E-state index contributed by atoms with van der Waals surface area (Å²) in [6.07, 6.45) is 53.4. The average Bonchev–Trinajstić information content (AvgIpc) is 3.18. The molecule has 0 aliphatic heterocycles. The molecular weight excluding hydrogens is 663 g/mol. The van der Waals surface area contributed by atoms with Crippen molar-refractivity contribution in [1.82, 2.24) is 9.80 Å². The minimum absolute atomic E-state index is 0.207. The van der Waals surface area contributed by atoms with E-state index in [2.05, 4.69) is 67.0 Å². The third-order valence-electron chi connectivity index (χ3n) is 11.0. The summed E-state index contributed by atoms with van der Waals surface area (Å²) in [6, 6.07) is 0. The number of aliphatic hydroxyl groups excluding tert-OH is 2. The second kappa shape index (κ2) is 44.7. The molecule has 0 radical (unpaired) electrons. The van der Waals surface area contributed by atoms with Crippen molar-refractivity contribution in [2.24, 2.45) is 5.73 Å². The maximum atomic E-state index is 10.4. The molecule has 4 N–H and O–H groups in total. The van der Waals surface area contributed by atoms with Crippen LogP contribution >= 0.6 is 0 Å². The van der Waals surface area contributed by atoms with Crippen molar-refractivity contribution < 1.29 is 10.2 Å². The lowest BCUT2D eigenvalue weighted by atomic mass is 10.1. The Morgan fingerprint density at radius 3 is 1.06 bits per heavy atom. The van der Waals surface area contributed by atoms with Crippen LogP contribution in [0.5, 0.6) is 0 Å². The molecule has 0 bridgehead atoms. The van der Waals surface area contributed by atoms with E-state index in [0.717, 1.165) is 45.6 Å². The van der Waals surface area contributed by atoms with Gasteiger partial charge in [-0.1, -0.05) is 166 Å². The number of rotatable bonds is 44. The maximum Gasteiger partial charge on any atom is 0.0789 e. The number of unbranched alkanes of at least 4 members (excludes halogenated alkanes) is 24. The Morgan fingerprint density at radius 1 is 0.389 bits per heavy atom. The van der Waals surface area contributed by atoms with Crippen LogP contribution < -0.4 is 5.73 Å². The van der Waals surface area contributed by atoms with Gasteiger partial charge in [0.25, 0.3) is 0 Å². The van der Waals surface area contributed by atoms with Crippen molar-refractivity contribution in [3.8, 4) is 0 Å². The summed E-state index contributed by atoms with van der Waals surface area (Å²) in [4.78, 5) is 4.98. The smallest absolute Gasteiger partial charge is 0.0789 e. The van der Waals surface area contributed by atoms with Crippen LogP contribution in [-0.4, -0.2) is 78.0 Å². The SMILES string of the molecule is CCCCC/C=C\C/C=C/CCCCCCCCN(CCCCCCN(CCCCCCCC/C=C/CCCCCCCC)CC(O)CC)CC(O)CN. The second-order valence-electron chi connectivity index (χ2n) is 16.5. The summed E-state index contributed by atoms with van der Waals surface area (Å²) in [6.45, 7) is 12.9. The van der Waals surface area contributed by atoms with Gasteiger partial charge in [-0.15, -0.1) is 0 Å². The fourth-order valence-electron chi connectivity index (χ4n) is 7.32. The molecule has 0 aromatic rings. The molecule has 2 unspecified atom stereocenters. The van der Waals surface area contributed by atoms with E-state index < -0.39 is 6.10 Å². The maximum absolute atomic E-state index is 10.4. The van der Waals surface area contributed by atoms with Gasteiger partial charge in [-0.05, 0) is 116 Å². The van der Waals surface area contributed by atoms with E-state index in [0.29, 0.717) is 13.1 Å². The van der Waals surface area contributed by atoms with Gasteiger partial charge in [0.05, 0.1) is 12.2 Å². The predicted octanol–water partition coefficient (Wildman–Crippen LogP) is 13.1. The van der Waals surface area contributed by atoms with Crippen molar-refractivity contribution in [2.45, 2.75) is 232 Å². The van der Waals surface area contributed by atoms with Gasteiger partial charge in [-0.3, -0.25) is 0 Å². The van der Waals surface area contributed by atoms with Gasteiger partial charge in [-0.25, -0.2) is 0 Å². The number of hydrogen-bond donors (Lipinski definition) is 3. The van der Waals surface area contributed by atoms with Crippen molar-refractivity contribution in [1.29, 1.82) is 0 Å². The van der Waals surface area contributed by atoms with Crippen LogP contribution in [-0.2, 0) is 0 Å². The minimum atomic E-state index is -0.421. The Balaban J connectivity index is 4.04. The van der Waals surface area contributed by atoms with Crippen LogP contribution in [0.1, 0.15) is 220 Å². The van der Waals surface area contributed by atoms with E-state index in [-0.39, 0.29) is 6.10 Å². The first-order chi connectivity index (χ1) is 26.6. The highest BCUT2D eigenvalue weighted by atomic mass is 16.3. The van der Waals surface area contributed by atoms with Gasteiger partial charge in [0.1, 0.15) is 0 Å². The third kappa shape index (κ3) is 40.7. The number of nitrogens with two attached hydrogens (primary N) is 1. The molecule has 0 saturated heterocycles. The molecule has 54 heavy (non-hydrogen) atoms. The largest absolute Gasteiger partial charge is 0.392 e. The van der Waals surface area contributed by atoms with Crippen LogP contribution in [0.25, 0.3) is 0 Å². The van der Waals surface area contributed by atoms with E-state index in [1.165, 1.54) is 186 Å². The molecule has 2 atom stereocenters. The van der Waals surface area contributed by atoms with E-state index in [9.17, 15) is 10.2 Å². The molecule has 0 saturated carbocycles. The normalized spacial score (nSPS) is 13.6. The zero-order chi connectivity index (χ0) is 39.4. The molecule has 0 spiro atoms. The van der Waals surface area contributed by atoms with E-state index in [1.54, 1.807) is 0 Å². The number of nitrogens with zero attached hydrogens (tertiary/aromatic N) is 2. The lowest BCUT2D eigenvalue weighted by molar-refractivity contribution is 0.106. The van der Waals surface area contributed by atoms with Crippen LogP contribution in [0.3, 0.4) is 0 Å². The summed E-state index contributed by atoms with van der Waals surface area (Å²) in [5.74, 6) is 0. The Kier molecular flexibility index (Phi) is 43.9. The molecule has 0 fully saturated rings. The van der Waals surface area contributed by atoms with Gasteiger partial charge < -0.3 is 25.7 Å². The molecule has 5 heteroatoms. The second-order valence-corrected chi connectivity index (χ2v) is 16.5.